The second-order valence-electron chi connectivity index (χ2n) is 5.21. The van der Waals surface area contributed by atoms with Crippen molar-refractivity contribution >= 4 is 11.9 Å². The number of esters is 1. The van der Waals surface area contributed by atoms with Gasteiger partial charge in [-0.25, -0.2) is 0 Å². The maximum absolute atomic E-state index is 12.3. The van der Waals surface area contributed by atoms with Gasteiger partial charge in [0, 0.05) is 13.1 Å². The van der Waals surface area contributed by atoms with Gasteiger partial charge in [-0.15, -0.1) is 0 Å². The minimum absolute atomic E-state index is 0.00128. The molecule has 0 aromatic heterocycles. The van der Waals surface area contributed by atoms with E-state index in [0.717, 1.165) is 5.56 Å². The van der Waals surface area contributed by atoms with Crippen LogP contribution in [0.5, 0.6) is 11.5 Å². The summed E-state index contributed by atoms with van der Waals surface area (Å²) in [4.78, 5) is 25.5. The van der Waals surface area contributed by atoms with Crippen LogP contribution < -0.4 is 9.47 Å². The molecule has 0 spiro atoms. The molecule has 6 heteroatoms. The van der Waals surface area contributed by atoms with Crippen molar-refractivity contribution in [2.24, 2.45) is 5.92 Å². The number of ether oxygens (including phenoxy) is 3. The van der Waals surface area contributed by atoms with Gasteiger partial charge in [-0.3, -0.25) is 9.59 Å². The average molecular weight is 307 g/mol. The number of benzene rings is 1. The minimum Gasteiger partial charge on any atom is -0.493 e. The molecule has 0 saturated carbocycles. The van der Waals surface area contributed by atoms with Crippen LogP contribution in [0.1, 0.15) is 12.0 Å². The highest BCUT2D eigenvalue weighted by atomic mass is 16.5. The van der Waals surface area contributed by atoms with Crippen LogP contribution in [-0.2, 0) is 20.7 Å². The summed E-state index contributed by atoms with van der Waals surface area (Å²) in [7, 11) is 4.50. The van der Waals surface area contributed by atoms with Gasteiger partial charge in [-0.1, -0.05) is 6.07 Å². The molecule has 1 fully saturated rings. The molecule has 1 aliphatic heterocycles. The lowest BCUT2D eigenvalue weighted by atomic mass is 10.1. The van der Waals surface area contributed by atoms with Crippen molar-refractivity contribution < 1.29 is 23.8 Å². The number of hydrogen-bond acceptors (Lipinski definition) is 5. The largest absolute Gasteiger partial charge is 0.493 e. The van der Waals surface area contributed by atoms with Crippen LogP contribution in [0.25, 0.3) is 0 Å². The molecular formula is C16H21NO5. The highest BCUT2D eigenvalue weighted by Crippen LogP contribution is 2.28. The van der Waals surface area contributed by atoms with Gasteiger partial charge in [0.05, 0.1) is 33.7 Å². The van der Waals surface area contributed by atoms with Crippen molar-refractivity contribution in [3.63, 3.8) is 0 Å². The van der Waals surface area contributed by atoms with E-state index in [9.17, 15) is 9.59 Å². The Balaban J connectivity index is 1.99. The van der Waals surface area contributed by atoms with Crippen LogP contribution in [0.15, 0.2) is 18.2 Å². The normalized spacial score (nSPS) is 17.2. The molecule has 1 saturated heterocycles. The highest BCUT2D eigenvalue weighted by Gasteiger charge is 2.31. The van der Waals surface area contributed by atoms with E-state index >= 15 is 0 Å². The zero-order valence-electron chi connectivity index (χ0n) is 13.1. The molecule has 1 heterocycles. The molecule has 1 aliphatic rings. The number of rotatable bonds is 5. The third-order valence-electron chi connectivity index (χ3n) is 3.88. The van der Waals surface area contributed by atoms with Crippen LogP contribution in [0, 0.1) is 5.92 Å². The fourth-order valence-corrected chi connectivity index (χ4v) is 2.62. The maximum atomic E-state index is 12.3. The molecule has 0 aliphatic carbocycles. The number of carbonyl (C=O) groups is 2. The fourth-order valence-electron chi connectivity index (χ4n) is 2.62. The van der Waals surface area contributed by atoms with Gasteiger partial charge in [-0.05, 0) is 24.1 Å². The summed E-state index contributed by atoms with van der Waals surface area (Å²) < 4.78 is 15.1. The summed E-state index contributed by atoms with van der Waals surface area (Å²) in [5, 5.41) is 0. The molecule has 0 N–H and O–H groups in total. The molecule has 2 rings (SSSR count). The highest BCUT2D eigenvalue weighted by molar-refractivity contribution is 5.81. The topological polar surface area (TPSA) is 65.1 Å². The van der Waals surface area contributed by atoms with Crippen molar-refractivity contribution in [1.29, 1.82) is 0 Å². The molecule has 0 radical (unpaired) electrons. The standard InChI is InChI=1S/C16H21NO5/c1-20-13-5-4-11(8-14(13)21-2)9-15(18)17-7-6-12(10-17)16(19)22-3/h4-5,8,12H,6-7,9-10H2,1-3H3. The third-order valence-corrected chi connectivity index (χ3v) is 3.88. The molecule has 22 heavy (non-hydrogen) atoms. The van der Waals surface area contributed by atoms with E-state index in [1.165, 1.54) is 7.11 Å². The van der Waals surface area contributed by atoms with Crippen molar-refractivity contribution in [2.45, 2.75) is 12.8 Å². The van der Waals surface area contributed by atoms with Gasteiger partial charge in [-0.2, -0.15) is 0 Å². The van der Waals surface area contributed by atoms with E-state index in [0.29, 0.717) is 31.0 Å². The molecule has 1 unspecified atom stereocenters. The van der Waals surface area contributed by atoms with Crippen molar-refractivity contribution in [1.82, 2.24) is 4.90 Å². The van der Waals surface area contributed by atoms with Crippen LogP contribution in [0.3, 0.4) is 0 Å². The Morgan fingerprint density at radius 3 is 2.55 bits per heavy atom. The first-order valence-electron chi connectivity index (χ1n) is 7.15. The van der Waals surface area contributed by atoms with Gasteiger partial charge in [0.25, 0.3) is 0 Å². The molecular weight excluding hydrogens is 286 g/mol. The summed E-state index contributed by atoms with van der Waals surface area (Å²) in [5.74, 6) is 0.770. The second kappa shape index (κ2) is 7.15. The van der Waals surface area contributed by atoms with E-state index in [-0.39, 0.29) is 24.2 Å². The predicted octanol–water partition coefficient (Wildman–Crippen LogP) is 1.27. The number of amides is 1. The summed E-state index contributed by atoms with van der Waals surface area (Å²) in [5.41, 5.74) is 0.851. The zero-order chi connectivity index (χ0) is 16.1. The van der Waals surface area contributed by atoms with E-state index < -0.39 is 0 Å². The van der Waals surface area contributed by atoms with E-state index in [1.54, 1.807) is 31.3 Å². The minimum atomic E-state index is -0.249. The first-order chi connectivity index (χ1) is 10.6. The number of likely N-dealkylation sites (tertiary alicyclic amines) is 1. The molecule has 1 amide bonds. The van der Waals surface area contributed by atoms with Gasteiger partial charge < -0.3 is 19.1 Å². The maximum Gasteiger partial charge on any atom is 0.310 e. The molecule has 6 nitrogen and oxygen atoms in total. The lowest BCUT2D eigenvalue weighted by Gasteiger charge is -2.16. The predicted molar refractivity (Wildman–Crippen MR) is 80.0 cm³/mol. The summed E-state index contributed by atoms with van der Waals surface area (Å²) in [6.45, 7) is 1.02. The Hall–Kier alpha value is -2.24. The van der Waals surface area contributed by atoms with Gasteiger partial charge in [0.15, 0.2) is 11.5 Å². The Morgan fingerprint density at radius 1 is 1.18 bits per heavy atom. The second-order valence-corrected chi connectivity index (χ2v) is 5.21. The monoisotopic (exact) mass is 307 g/mol. The smallest absolute Gasteiger partial charge is 0.310 e. The van der Waals surface area contributed by atoms with Crippen molar-refractivity contribution in [2.75, 3.05) is 34.4 Å². The Kier molecular flexibility index (Phi) is 5.25. The molecule has 1 aromatic rings. The van der Waals surface area contributed by atoms with E-state index in [4.69, 9.17) is 14.2 Å². The molecule has 120 valence electrons. The summed E-state index contributed by atoms with van der Waals surface area (Å²) in [6.07, 6.45) is 0.929. The lowest BCUT2D eigenvalue weighted by Crippen LogP contribution is -2.31. The average Bonchev–Trinajstić information content (AvgIpc) is 3.04. The van der Waals surface area contributed by atoms with Crippen LogP contribution in [-0.4, -0.2) is 51.2 Å². The molecule has 1 aromatic carbocycles. The quantitative estimate of drug-likeness (QED) is 0.767. The number of methoxy groups -OCH3 is 3. The fraction of sp³-hybridized carbons (Fsp3) is 0.500. The molecule has 1 atom stereocenters. The first kappa shape index (κ1) is 16.1. The summed E-state index contributed by atoms with van der Waals surface area (Å²) >= 11 is 0. The van der Waals surface area contributed by atoms with Gasteiger partial charge in [0.1, 0.15) is 0 Å². The van der Waals surface area contributed by atoms with Crippen LogP contribution in [0.4, 0.5) is 0 Å². The van der Waals surface area contributed by atoms with Crippen molar-refractivity contribution in [3.8, 4) is 11.5 Å². The van der Waals surface area contributed by atoms with Crippen molar-refractivity contribution in [3.05, 3.63) is 23.8 Å². The van der Waals surface area contributed by atoms with E-state index in [1.807, 2.05) is 6.07 Å². The SMILES string of the molecule is COC(=O)C1CCN(C(=O)Cc2ccc(OC)c(OC)c2)C1. The Bertz CT molecular complexity index is 557. The Labute approximate surface area is 129 Å². The number of carbonyl (C=O) groups excluding carboxylic acids is 2. The lowest BCUT2D eigenvalue weighted by molar-refractivity contribution is -0.145. The van der Waals surface area contributed by atoms with Crippen LogP contribution in [0.2, 0.25) is 0 Å². The van der Waals surface area contributed by atoms with Crippen LogP contribution >= 0.6 is 0 Å². The first-order valence-corrected chi connectivity index (χ1v) is 7.15. The summed E-state index contributed by atoms with van der Waals surface area (Å²) in [6, 6.07) is 5.42. The Morgan fingerprint density at radius 2 is 1.91 bits per heavy atom. The van der Waals surface area contributed by atoms with Gasteiger partial charge >= 0.3 is 5.97 Å². The van der Waals surface area contributed by atoms with E-state index in [2.05, 4.69) is 0 Å². The number of hydrogen-bond donors (Lipinski definition) is 0. The third kappa shape index (κ3) is 3.50. The number of nitrogens with zero attached hydrogens (tertiary/aromatic N) is 1. The zero-order valence-corrected chi connectivity index (χ0v) is 13.1. The van der Waals surface area contributed by atoms with Gasteiger partial charge in [0.2, 0.25) is 5.91 Å². The molecule has 0 bridgehead atoms.